The second kappa shape index (κ2) is 11.6. The Morgan fingerprint density at radius 3 is 2.51 bits per heavy atom. The van der Waals surface area contributed by atoms with Crippen molar-refractivity contribution in [3.05, 3.63) is 90.3 Å². The number of hydrogen-bond donors (Lipinski definition) is 0. The number of amides is 2. The van der Waals surface area contributed by atoms with Crippen LogP contribution in [0.15, 0.2) is 79.1 Å². The van der Waals surface area contributed by atoms with E-state index in [-0.39, 0.29) is 24.5 Å². The molecule has 1 aromatic heterocycles. The number of benzene rings is 2. The van der Waals surface area contributed by atoms with Gasteiger partial charge < -0.3 is 14.5 Å². The van der Waals surface area contributed by atoms with Crippen LogP contribution >= 0.6 is 0 Å². The van der Waals surface area contributed by atoms with Gasteiger partial charge in [-0.3, -0.25) is 19.5 Å². The fourth-order valence-electron chi connectivity index (χ4n) is 5.58. The standard InChI is InChI=1S/C30H34N4O3/c1-23(35)33-17-15-26-13-14-27(34(26)19-24-8-7-16-31-18-24)21-32(20-25-9-5-6-12-29(25)33)30(36)22-37-28-10-3-2-4-11-28/h2-12,16,18,26-27H,13-15,17,19-22H2,1H3. The first-order chi connectivity index (χ1) is 18.1. The molecule has 2 aliphatic rings. The third-order valence-corrected chi connectivity index (χ3v) is 7.46. The lowest BCUT2D eigenvalue weighted by molar-refractivity contribution is -0.134. The second-order valence-corrected chi connectivity index (χ2v) is 9.88. The van der Waals surface area contributed by atoms with Crippen LogP contribution in [0.5, 0.6) is 5.75 Å². The summed E-state index contributed by atoms with van der Waals surface area (Å²) in [5.41, 5.74) is 3.02. The van der Waals surface area contributed by atoms with Crippen LogP contribution < -0.4 is 9.64 Å². The monoisotopic (exact) mass is 498 g/mol. The van der Waals surface area contributed by atoms with E-state index in [4.69, 9.17) is 4.74 Å². The number of rotatable bonds is 5. The zero-order valence-corrected chi connectivity index (χ0v) is 21.3. The fourth-order valence-corrected chi connectivity index (χ4v) is 5.58. The molecular weight excluding hydrogens is 464 g/mol. The molecule has 0 radical (unpaired) electrons. The fraction of sp³-hybridized carbons (Fsp3) is 0.367. The number of fused-ring (bicyclic) bond motifs is 3. The number of hydrogen-bond acceptors (Lipinski definition) is 5. The van der Waals surface area contributed by atoms with E-state index in [0.29, 0.717) is 31.4 Å². The molecule has 2 bridgehead atoms. The molecule has 2 aromatic carbocycles. The van der Waals surface area contributed by atoms with Crippen LogP contribution in [0.3, 0.4) is 0 Å². The molecule has 7 nitrogen and oxygen atoms in total. The van der Waals surface area contributed by atoms with Crippen molar-refractivity contribution in [3.8, 4) is 5.75 Å². The summed E-state index contributed by atoms with van der Waals surface area (Å²) in [6, 6.07) is 22.0. The van der Waals surface area contributed by atoms with Crippen molar-refractivity contribution in [3.63, 3.8) is 0 Å². The molecule has 1 fully saturated rings. The Morgan fingerprint density at radius 2 is 1.73 bits per heavy atom. The van der Waals surface area contributed by atoms with Crippen LogP contribution in [0.1, 0.15) is 37.3 Å². The molecule has 37 heavy (non-hydrogen) atoms. The maximum atomic E-state index is 13.6. The largest absolute Gasteiger partial charge is 0.484 e. The minimum Gasteiger partial charge on any atom is -0.484 e. The number of para-hydroxylation sites is 2. The number of carbonyl (C=O) groups excluding carboxylic acids is 2. The Hall–Kier alpha value is -3.71. The van der Waals surface area contributed by atoms with Crippen molar-refractivity contribution >= 4 is 17.5 Å². The Bertz CT molecular complexity index is 1200. The number of pyridine rings is 1. The Balaban J connectivity index is 1.45. The SMILES string of the molecule is CC(=O)N1CCC2CCC(CN(C(=O)COc3ccccc3)Cc3ccccc31)N2Cc1cccnc1. The van der Waals surface area contributed by atoms with Crippen LogP contribution in [0.25, 0.3) is 0 Å². The average Bonchev–Trinajstić information content (AvgIpc) is 3.28. The minimum atomic E-state index is -0.0583. The highest BCUT2D eigenvalue weighted by molar-refractivity contribution is 5.92. The van der Waals surface area contributed by atoms with Gasteiger partial charge in [-0.05, 0) is 54.7 Å². The molecular formula is C30H34N4O3. The van der Waals surface area contributed by atoms with E-state index in [2.05, 4.69) is 16.0 Å². The van der Waals surface area contributed by atoms with Crippen molar-refractivity contribution in [1.29, 1.82) is 0 Å². The van der Waals surface area contributed by atoms with E-state index >= 15 is 0 Å². The highest BCUT2D eigenvalue weighted by atomic mass is 16.5. The van der Waals surface area contributed by atoms with Gasteiger partial charge in [-0.25, -0.2) is 0 Å². The summed E-state index contributed by atoms with van der Waals surface area (Å²) >= 11 is 0. The predicted molar refractivity (Wildman–Crippen MR) is 143 cm³/mol. The van der Waals surface area contributed by atoms with Crippen molar-refractivity contribution in [2.75, 3.05) is 24.6 Å². The maximum absolute atomic E-state index is 13.6. The zero-order chi connectivity index (χ0) is 25.6. The number of nitrogens with zero attached hydrogens (tertiary/aromatic N) is 4. The molecule has 5 rings (SSSR count). The van der Waals surface area contributed by atoms with Gasteiger partial charge in [-0.15, -0.1) is 0 Å². The lowest BCUT2D eigenvalue weighted by atomic mass is 10.1. The lowest BCUT2D eigenvalue weighted by Crippen LogP contribution is -2.46. The first kappa shape index (κ1) is 25.0. The topological polar surface area (TPSA) is 66.0 Å². The van der Waals surface area contributed by atoms with Crippen LogP contribution in [0.4, 0.5) is 5.69 Å². The molecule has 2 amide bonds. The summed E-state index contributed by atoms with van der Waals surface area (Å²) in [4.78, 5) is 37.0. The van der Waals surface area contributed by atoms with E-state index in [9.17, 15) is 9.59 Å². The third kappa shape index (κ3) is 6.00. The van der Waals surface area contributed by atoms with Crippen molar-refractivity contribution in [1.82, 2.24) is 14.8 Å². The molecule has 0 saturated carbocycles. The summed E-state index contributed by atoms with van der Waals surface area (Å²) < 4.78 is 5.85. The van der Waals surface area contributed by atoms with Gasteiger partial charge in [0, 0.05) is 63.3 Å². The Kier molecular flexibility index (Phi) is 7.80. The molecule has 0 aliphatic carbocycles. The molecule has 0 spiro atoms. The summed E-state index contributed by atoms with van der Waals surface area (Å²) in [5.74, 6) is 0.637. The van der Waals surface area contributed by atoms with Crippen molar-refractivity contribution < 1.29 is 14.3 Å². The first-order valence-electron chi connectivity index (χ1n) is 13.0. The molecule has 1 saturated heterocycles. The minimum absolute atomic E-state index is 0.0188. The molecule has 7 heteroatoms. The van der Waals surface area contributed by atoms with Crippen LogP contribution in [0, 0.1) is 0 Å². The molecule has 3 heterocycles. The van der Waals surface area contributed by atoms with Gasteiger partial charge in [-0.1, -0.05) is 42.5 Å². The van der Waals surface area contributed by atoms with E-state index in [0.717, 1.165) is 42.6 Å². The van der Waals surface area contributed by atoms with E-state index < -0.39 is 0 Å². The van der Waals surface area contributed by atoms with Gasteiger partial charge in [0.2, 0.25) is 5.91 Å². The summed E-state index contributed by atoms with van der Waals surface area (Å²) in [6.45, 7) is 4.07. The number of carbonyl (C=O) groups is 2. The highest BCUT2D eigenvalue weighted by Gasteiger charge is 2.36. The smallest absolute Gasteiger partial charge is 0.260 e. The van der Waals surface area contributed by atoms with Crippen molar-refractivity contribution in [2.24, 2.45) is 0 Å². The number of anilines is 1. The highest BCUT2D eigenvalue weighted by Crippen LogP contribution is 2.32. The molecule has 2 aliphatic heterocycles. The summed E-state index contributed by atoms with van der Waals surface area (Å²) in [6.07, 6.45) is 6.64. The normalized spacial score (nSPS) is 20.1. The quantitative estimate of drug-likeness (QED) is 0.525. The summed E-state index contributed by atoms with van der Waals surface area (Å²) in [5, 5.41) is 0. The van der Waals surface area contributed by atoms with Gasteiger partial charge in [0.25, 0.3) is 5.91 Å². The second-order valence-electron chi connectivity index (χ2n) is 9.88. The number of ether oxygens (including phenoxy) is 1. The summed E-state index contributed by atoms with van der Waals surface area (Å²) in [7, 11) is 0. The first-order valence-corrected chi connectivity index (χ1v) is 13.0. The van der Waals surface area contributed by atoms with Gasteiger partial charge >= 0.3 is 0 Å². The van der Waals surface area contributed by atoms with E-state index in [1.807, 2.05) is 76.7 Å². The van der Waals surface area contributed by atoms with Crippen LogP contribution in [-0.4, -0.2) is 58.4 Å². The van der Waals surface area contributed by atoms with Crippen molar-refractivity contribution in [2.45, 2.75) is 51.4 Å². The molecule has 3 aromatic rings. The number of aromatic nitrogens is 1. The zero-order valence-electron chi connectivity index (χ0n) is 21.3. The van der Waals surface area contributed by atoms with Gasteiger partial charge in [0.1, 0.15) is 5.75 Å². The van der Waals surface area contributed by atoms with E-state index in [1.54, 1.807) is 13.1 Å². The Labute approximate surface area is 218 Å². The van der Waals surface area contributed by atoms with Gasteiger partial charge in [0.05, 0.1) is 0 Å². The third-order valence-electron chi connectivity index (χ3n) is 7.46. The van der Waals surface area contributed by atoms with Gasteiger partial charge in [0.15, 0.2) is 6.61 Å². The predicted octanol–water partition coefficient (Wildman–Crippen LogP) is 4.28. The lowest BCUT2D eigenvalue weighted by Gasteiger charge is -2.33. The average molecular weight is 499 g/mol. The van der Waals surface area contributed by atoms with Gasteiger partial charge in [-0.2, -0.15) is 0 Å². The Morgan fingerprint density at radius 1 is 0.946 bits per heavy atom. The van der Waals surface area contributed by atoms with E-state index in [1.165, 1.54) is 0 Å². The molecule has 2 unspecified atom stereocenters. The maximum Gasteiger partial charge on any atom is 0.260 e. The molecule has 192 valence electrons. The molecule has 2 atom stereocenters. The van der Waals surface area contributed by atoms with Crippen LogP contribution in [-0.2, 0) is 22.7 Å². The molecule has 0 N–H and O–H groups in total. The van der Waals surface area contributed by atoms with Crippen LogP contribution in [0.2, 0.25) is 0 Å².